The molecule has 2 amide bonds. The van der Waals surface area contributed by atoms with Crippen LogP contribution in [0.2, 0.25) is 0 Å². The summed E-state index contributed by atoms with van der Waals surface area (Å²) in [6.45, 7) is 1.82. The molecular weight excluding hydrogens is 402 g/mol. The molecule has 2 aliphatic heterocycles. The minimum absolute atomic E-state index is 0.0421. The number of benzene rings is 1. The zero-order valence-corrected chi connectivity index (χ0v) is 17.2. The zero-order valence-electron chi connectivity index (χ0n) is 16.3. The fourth-order valence-corrected chi connectivity index (χ4v) is 5.27. The lowest BCUT2D eigenvalue weighted by Gasteiger charge is -2.27. The van der Waals surface area contributed by atoms with Crippen molar-refractivity contribution < 1.29 is 14.3 Å². The fourth-order valence-electron chi connectivity index (χ4n) is 4.06. The van der Waals surface area contributed by atoms with Gasteiger partial charge in [-0.2, -0.15) is 0 Å². The number of nitrogens with zero attached hydrogens (tertiary/aromatic N) is 4. The standard InChI is InChI=1S/C21H21N5O3S/c22-20-19-15-6-8-25(10-16(15)30-21(19)24-12-23-20)18(28)11-29-14-4-1-3-13(9-14)26-7-2-5-17(26)27/h1,3-4,9,12H,2,5-8,10-11H2,(H2,22,23,24). The molecule has 30 heavy (non-hydrogen) atoms. The van der Waals surface area contributed by atoms with Gasteiger partial charge in [0.1, 0.15) is 22.7 Å². The average molecular weight is 423 g/mol. The Morgan fingerprint density at radius 3 is 2.97 bits per heavy atom. The van der Waals surface area contributed by atoms with Crippen molar-refractivity contribution in [3.05, 3.63) is 41.0 Å². The number of anilines is 2. The van der Waals surface area contributed by atoms with Gasteiger partial charge in [0.05, 0.1) is 11.9 Å². The summed E-state index contributed by atoms with van der Waals surface area (Å²) in [7, 11) is 0. The number of hydrogen-bond acceptors (Lipinski definition) is 7. The third-order valence-corrected chi connectivity index (χ3v) is 6.71. The van der Waals surface area contributed by atoms with Gasteiger partial charge < -0.3 is 20.3 Å². The van der Waals surface area contributed by atoms with Crippen LogP contribution >= 0.6 is 11.3 Å². The maximum Gasteiger partial charge on any atom is 0.260 e. The summed E-state index contributed by atoms with van der Waals surface area (Å²) in [5.41, 5.74) is 8.00. The molecule has 154 valence electrons. The zero-order chi connectivity index (χ0) is 20.7. The van der Waals surface area contributed by atoms with Crippen LogP contribution in [0.3, 0.4) is 0 Å². The van der Waals surface area contributed by atoms with Crippen molar-refractivity contribution in [1.29, 1.82) is 0 Å². The second-order valence-corrected chi connectivity index (χ2v) is 8.53. The molecule has 4 heterocycles. The third kappa shape index (κ3) is 3.35. The molecule has 1 aromatic carbocycles. The molecule has 2 aromatic heterocycles. The smallest absolute Gasteiger partial charge is 0.260 e. The van der Waals surface area contributed by atoms with Crippen LogP contribution in [0.1, 0.15) is 23.3 Å². The van der Waals surface area contributed by atoms with E-state index >= 15 is 0 Å². The molecule has 5 rings (SSSR count). The van der Waals surface area contributed by atoms with E-state index in [-0.39, 0.29) is 18.4 Å². The van der Waals surface area contributed by atoms with Crippen molar-refractivity contribution >= 4 is 44.9 Å². The molecular formula is C21H21N5O3S. The minimum atomic E-state index is -0.0696. The maximum atomic E-state index is 12.7. The van der Waals surface area contributed by atoms with E-state index in [4.69, 9.17) is 10.5 Å². The molecule has 0 unspecified atom stereocenters. The van der Waals surface area contributed by atoms with Crippen LogP contribution < -0.4 is 15.4 Å². The van der Waals surface area contributed by atoms with Crippen LogP contribution in [-0.2, 0) is 22.6 Å². The largest absolute Gasteiger partial charge is 0.484 e. The number of nitrogen functional groups attached to an aromatic ring is 1. The lowest BCUT2D eigenvalue weighted by molar-refractivity contribution is -0.134. The average Bonchev–Trinajstić information content (AvgIpc) is 3.35. The van der Waals surface area contributed by atoms with E-state index in [1.165, 1.54) is 6.33 Å². The summed E-state index contributed by atoms with van der Waals surface area (Å²) in [5.74, 6) is 1.14. The number of thiophene rings is 1. The number of carbonyl (C=O) groups is 2. The Morgan fingerprint density at radius 1 is 1.23 bits per heavy atom. The van der Waals surface area contributed by atoms with Crippen LogP contribution in [0.5, 0.6) is 5.75 Å². The molecule has 0 saturated carbocycles. The highest BCUT2D eigenvalue weighted by Gasteiger charge is 2.26. The second-order valence-electron chi connectivity index (χ2n) is 7.44. The summed E-state index contributed by atoms with van der Waals surface area (Å²) < 4.78 is 5.75. The van der Waals surface area contributed by atoms with Gasteiger partial charge in [0, 0.05) is 36.1 Å². The topological polar surface area (TPSA) is 102 Å². The van der Waals surface area contributed by atoms with Gasteiger partial charge in [-0.05, 0) is 30.5 Å². The SMILES string of the molecule is Nc1ncnc2sc3c(c12)CCN(C(=O)COc1cccc(N2CCCC2=O)c1)C3. The van der Waals surface area contributed by atoms with E-state index in [0.717, 1.165) is 45.7 Å². The first-order chi connectivity index (χ1) is 14.6. The number of aromatic nitrogens is 2. The summed E-state index contributed by atoms with van der Waals surface area (Å²) in [6.07, 6.45) is 3.65. The Hall–Kier alpha value is -3.20. The molecule has 9 heteroatoms. The number of fused-ring (bicyclic) bond motifs is 3. The van der Waals surface area contributed by atoms with E-state index in [1.54, 1.807) is 27.2 Å². The molecule has 0 radical (unpaired) electrons. The second kappa shape index (κ2) is 7.56. The van der Waals surface area contributed by atoms with Gasteiger partial charge in [0.25, 0.3) is 5.91 Å². The quantitative estimate of drug-likeness (QED) is 0.691. The molecule has 0 aliphatic carbocycles. The van der Waals surface area contributed by atoms with Crippen molar-refractivity contribution in [2.24, 2.45) is 0 Å². The molecule has 3 aromatic rings. The van der Waals surface area contributed by atoms with Crippen LogP contribution in [0.4, 0.5) is 11.5 Å². The van der Waals surface area contributed by atoms with Crippen molar-refractivity contribution in [3.8, 4) is 5.75 Å². The van der Waals surface area contributed by atoms with Gasteiger partial charge in [-0.1, -0.05) is 6.07 Å². The number of hydrogen-bond donors (Lipinski definition) is 1. The van der Waals surface area contributed by atoms with E-state index < -0.39 is 0 Å². The highest BCUT2D eigenvalue weighted by Crippen LogP contribution is 2.36. The van der Waals surface area contributed by atoms with E-state index in [9.17, 15) is 9.59 Å². The van der Waals surface area contributed by atoms with Gasteiger partial charge in [0.2, 0.25) is 5.91 Å². The molecule has 2 aliphatic rings. The van der Waals surface area contributed by atoms with Crippen molar-refractivity contribution in [2.45, 2.75) is 25.8 Å². The number of nitrogens with two attached hydrogens (primary N) is 1. The normalized spacial score (nSPS) is 16.2. The van der Waals surface area contributed by atoms with Gasteiger partial charge in [-0.25, -0.2) is 9.97 Å². The molecule has 0 bridgehead atoms. The summed E-state index contributed by atoms with van der Waals surface area (Å²) in [6, 6.07) is 7.36. The van der Waals surface area contributed by atoms with Crippen LogP contribution in [-0.4, -0.2) is 46.4 Å². The molecule has 2 N–H and O–H groups in total. The van der Waals surface area contributed by atoms with E-state index in [1.807, 2.05) is 18.2 Å². The summed E-state index contributed by atoms with van der Waals surface area (Å²) in [5, 5.41) is 0.925. The highest BCUT2D eigenvalue weighted by molar-refractivity contribution is 7.19. The predicted molar refractivity (Wildman–Crippen MR) is 114 cm³/mol. The molecule has 1 fully saturated rings. The van der Waals surface area contributed by atoms with Gasteiger partial charge >= 0.3 is 0 Å². The lowest BCUT2D eigenvalue weighted by atomic mass is 10.1. The molecule has 1 saturated heterocycles. The summed E-state index contributed by atoms with van der Waals surface area (Å²) in [4.78, 5) is 38.6. The van der Waals surface area contributed by atoms with Gasteiger partial charge in [0.15, 0.2) is 6.61 Å². The molecule has 0 atom stereocenters. The van der Waals surface area contributed by atoms with Crippen molar-refractivity contribution in [3.63, 3.8) is 0 Å². The van der Waals surface area contributed by atoms with Crippen LogP contribution in [0.25, 0.3) is 10.2 Å². The van der Waals surface area contributed by atoms with Gasteiger partial charge in [-0.3, -0.25) is 9.59 Å². The lowest BCUT2D eigenvalue weighted by Crippen LogP contribution is -2.38. The van der Waals surface area contributed by atoms with Crippen LogP contribution in [0.15, 0.2) is 30.6 Å². The van der Waals surface area contributed by atoms with Crippen molar-refractivity contribution in [2.75, 3.05) is 30.3 Å². The Kier molecular flexibility index (Phi) is 4.74. The predicted octanol–water partition coefficient (Wildman–Crippen LogP) is 2.36. The van der Waals surface area contributed by atoms with Crippen molar-refractivity contribution in [1.82, 2.24) is 14.9 Å². The number of ether oxygens (including phenoxy) is 1. The summed E-state index contributed by atoms with van der Waals surface area (Å²) >= 11 is 1.56. The first-order valence-electron chi connectivity index (χ1n) is 9.92. The molecule has 0 spiro atoms. The number of rotatable bonds is 4. The van der Waals surface area contributed by atoms with E-state index in [2.05, 4.69) is 9.97 Å². The molecule has 8 nitrogen and oxygen atoms in total. The van der Waals surface area contributed by atoms with E-state index in [0.29, 0.717) is 31.1 Å². The Bertz CT molecular complexity index is 1140. The number of carbonyl (C=O) groups excluding carboxylic acids is 2. The first-order valence-corrected chi connectivity index (χ1v) is 10.7. The Labute approximate surface area is 177 Å². The highest BCUT2D eigenvalue weighted by atomic mass is 32.1. The Balaban J connectivity index is 1.25. The third-order valence-electron chi connectivity index (χ3n) is 5.58. The maximum absolute atomic E-state index is 12.7. The first kappa shape index (κ1) is 18.8. The van der Waals surface area contributed by atoms with Crippen LogP contribution in [0, 0.1) is 0 Å². The fraction of sp³-hybridized carbons (Fsp3) is 0.333. The van der Waals surface area contributed by atoms with Gasteiger partial charge in [-0.15, -0.1) is 11.3 Å². The number of amides is 2. The minimum Gasteiger partial charge on any atom is -0.484 e. The monoisotopic (exact) mass is 423 g/mol. The Morgan fingerprint density at radius 2 is 2.13 bits per heavy atom.